The van der Waals surface area contributed by atoms with E-state index in [1.807, 2.05) is 12.1 Å². The lowest BCUT2D eigenvalue weighted by Gasteiger charge is -2.13. The first-order valence-corrected chi connectivity index (χ1v) is 9.63. The van der Waals surface area contributed by atoms with Crippen molar-refractivity contribution >= 4 is 11.1 Å². The monoisotopic (exact) mass is 353 g/mol. The molecule has 3 rings (SSSR count). The summed E-state index contributed by atoms with van der Waals surface area (Å²) in [4.78, 5) is 0. The minimum atomic E-state index is 0.821. The summed E-state index contributed by atoms with van der Waals surface area (Å²) in [6.07, 6.45) is 4.06. The summed E-state index contributed by atoms with van der Waals surface area (Å²) >= 11 is 0. The average Bonchev–Trinajstić information content (AvgIpc) is 2.74. The van der Waals surface area contributed by atoms with Crippen LogP contribution in [-0.4, -0.2) is 0 Å². The van der Waals surface area contributed by atoms with Gasteiger partial charge in [-0.25, -0.2) is 0 Å². The Kier molecular flexibility index (Phi) is 6.27. The molecule has 0 fully saturated rings. The minimum Gasteiger partial charge on any atom is -0.398 e. The maximum atomic E-state index is 6.60. The molecule has 0 amide bonds. The van der Waals surface area contributed by atoms with Gasteiger partial charge in [-0.3, -0.25) is 0 Å². The normalized spacial score (nSPS) is 12.6. The molecule has 0 aromatic heterocycles. The van der Waals surface area contributed by atoms with Crippen LogP contribution in [0.2, 0.25) is 0 Å². The predicted molar refractivity (Wildman–Crippen MR) is 117 cm³/mol. The van der Waals surface area contributed by atoms with Crippen LogP contribution in [0.1, 0.15) is 42.5 Å². The Morgan fingerprint density at radius 1 is 0.704 bits per heavy atom. The fourth-order valence-electron chi connectivity index (χ4n) is 3.33. The molecule has 0 saturated heterocycles. The Labute approximate surface area is 162 Å². The molecule has 136 valence electrons. The molecular weight excluding hydrogens is 326 g/mol. The minimum absolute atomic E-state index is 0.821. The number of allylic oxidation sites excluding steroid dienone is 2. The third-order valence-corrected chi connectivity index (χ3v) is 4.88. The van der Waals surface area contributed by atoms with E-state index in [4.69, 9.17) is 5.73 Å². The number of hydrogen-bond donors (Lipinski definition) is 1. The first-order valence-electron chi connectivity index (χ1n) is 9.63. The van der Waals surface area contributed by atoms with Crippen molar-refractivity contribution in [1.82, 2.24) is 0 Å². The van der Waals surface area contributed by atoms with E-state index in [9.17, 15) is 0 Å². The van der Waals surface area contributed by atoms with Crippen LogP contribution in [-0.2, 0) is 6.42 Å². The summed E-state index contributed by atoms with van der Waals surface area (Å²) in [5.41, 5.74) is 14.6. The Bertz CT molecular complexity index is 917. The molecule has 0 spiro atoms. The zero-order valence-electron chi connectivity index (χ0n) is 16.2. The first kappa shape index (κ1) is 18.7. The third kappa shape index (κ3) is 4.57. The van der Waals surface area contributed by atoms with Crippen molar-refractivity contribution < 1.29 is 0 Å². The molecular formula is C26H27N. The summed E-state index contributed by atoms with van der Waals surface area (Å²) in [6, 6.07) is 29.6. The van der Waals surface area contributed by atoms with Gasteiger partial charge in [-0.05, 0) is 52.3 Å². The molecule has 0 aliphatic rings. The number of benzene rings is 3. The average molecular weight is 354 g/mol. The van der Waals surface area contributed by atoms with E-state index in [1.165, 1.54) is 27.8 Å². The van der Waals surface area contributed by atoms with Gasteiger partial charge in [0.2, 0.25) is 0 Å². The Balaban J connectivity index is 2.12. The zero-order chi connectivity index (χ0) is 19.1. The fourth-order valence-corrected chi connectivity index (χ4v) is 3.33. The molecule has 0 saturated carbocycles. The maximum absolute atomic E-state index is 6.60. The van der Waals surface area contributed by atoms with Gasteiger partial charge in [-0.15, -0.1) is 0 Å². The summed E-state index contributed by atoms with van der Waals surface area (Å²) in [5, 5.41) is 0. The summed E-state index contributed by atoms with van der Waals surface area (Å²) in [7, 11) is 0. The Morgan fingerprint density at radius 2 is 1.22 bits per heavy atom. The van der Waals surface area contributed by atoms with Crippen molar-refractivity contribution in [3.05, 3.63) is 119 Å². The Hall–Kier alpha value is -3.06. The summed E-state index contributed by atoms with van der Waals surface area (Å²) in [6.45, 7) is 4.33. The highest BCUT2D eigenvalue weighted by molar-refractivity contribution is 5.84. The van der Waals surface area contributed by atoms with Gasteiger partial charge in [0.05, 0.1) is 0 Å². The second-order valence-electron chi connectivity index (χ2n) is 6.63. The fraction of sp³-hybridized carbons (Fsp3) is 0.154. The lowest BCUT2D eigenvalue weighted by Crippen LogP contribution is -2.01. The van der Waals surface area contributed by atoms with Crippen molar-refractivity contribution in [2.75, 3.05) is 0 Å². The van der Waals surface area contributed by atoms with Gasteiger partial charge in [0.15, 0.2) is 0 Å². The van der Waals surface area contributed by atoms with Crippen molar-refractivity contribution in [2.45, 2.75) is 26.7 Å². The summed E-state index contributed by atoms with van der Waals surface area (Å²) < 4.78 is 0. The molecule has 3 aromatic rings. The predicted octanol–water partition coefficient (Wildman–Crippen LogP) is 6.46. The molecule has 0 aliphatic carbocycles. The number of nitrogens with two attached hydrogens (primary N) is 1. The molecule has 1 nitrogen and oxygen atoms in total. The van der Waals surface area contributed by atoms with Gasteiger partial charge in [-0.2, -0.15) is 0 Å². The van der Waals surface area contributed by atoms with E-state index in [0.717, 1.165) is 24.1 Å². The molecule has 2 N–H and O–H groups in total. The van der Waals surface area contributed by atoms with Gasteiger partial charge in [0, 0.05) is 5.70 Å². The van der Waals surface area contributed by atoms with Crippen molar-refractivity contribution in [3.63, 3.8) is 0 Å². The van der Waals surface area contributed by atoms with Crippen LogP contribution in [0.15, 0.2) is 96.7 Å². The quantitative estimate of drug-likeness (QED) is 0.506. The SMILES string of the molecule is CCC(=C(N)C=C(c1ccccc1)c1ccc(CC)cc1)c1ccccc1. The molecule has 0 radical (unpaired) electrons. The van der Waals surface area contributed by atoms with Crippen LogP contribution in [0.25, 0.3) is 11.1 Å². The number of rotatable bonds is 6. The molecule has 0 unspecified atom stereocenters. The summed E-state index contributed by atoms with van der Waals surface area (Å²) in [5.74, 6) is 0. The standard InChI is InChI=1S/C26H27N/c1-3-20-15-17-23(18-16-20)25(22-13-9-6-10-14-22)19-26(27)24(4-2)21-11-7-5-8-12-21/h5-19H,3-4,27H2,1-2H3. The van der Waals surface area contributed by atoms with E-state index in [0.29, 0.717) is 0 Å². The van der Waals surface area contributed by atoms with Crippen molar-refractivity contribution in [2.24, 2.45) is 5.73 Å². The van der Waals surface area contributed by atoms with Gasteiger partial charge in [-0.1, -0.05) is 98.8 Å². The van der Waals surface area contributed by atoms with E-state index in [-0.39, 0.29) is 0 Å². The Morgan fingerprint density at radius 3 is 1.74 bits per heavy atom. The molecule has 0 heterocycles. The highest BCUT2D eigenvalue weighted by atomic mass is 14.6. The van der Waals surface area contributed by atoms with Crippen LogP contribution in [0.5, 0.6) is 0 Å². The highest BCUT2D eigenvalue weighted by Crippen LogP contribution is 2.28. The second-order valence-corrected chi connectivity index (χ2v) is 6.63. The van der Waals surface area contributed by atoms with Crippen molar-refractivity contribution in [1.29, 1.82) is 0 Å². The smallest absolute Gasteiger partial charge is 0.0358 e. The number of hydrogen-bond acceptors (Lipinski definition) is 1. The second kappa shape index (κ2) is 9.05. The van der Waals surface area contributed by atoms with Gasteiger partial charge in [0.1, 0.15) is 0 Å². The number of aryl methyl sites for hydroxylation is 1. The van der Waals surface area contributed by atoms with Gasteiger partial charge in [0.25, 0.3) is 0 Å². The highest BCUT2D eigenvalue weighted by Gasteiger charge is 2.08. The largest absolute Gasteiger partial charge is 0.398 e. The zero-order valence-corrected chi connectivity index (χ0v) is 16.2. The van der Waals surface area contributed by atoms with Crippen LogP contribution in [0, 0.1) is 0 Å². The van der Waals surface area contributed by atoms with Crippen LogP contribution >= 0.6 is 0 Å². The van der Waals surface area contributed by atoms with Crippen LogP contribution < -0.4 is 5.73 Å². The topological polar surface area (TPSA) is 26.0 Å². The van der Waals surface area contributed by atoms with Crippen LogP contribution in [0.4, 0.5) is 0 Å². The third-order valence-electron chi connectivity index (χ3n) is 4.88. The van der Waals surface area contributed by atoms with E-state index < -0.39 is 0 Å². The van der Waals surface area contributed by atoms with Crippen molar-refractivity contribution in [3.8, 4) is 0 Å². The molecule has 1 heteroatoms. The van der Waals surface area contributed by atoms with Gasteiger partial charge < -0.3 is 5.73 Å². The van der Waals surface area contributed by atoms with Gasteiger partial charge >= 0.3 is 0 Å². The first-order chi connectivity index (χ1) is 13.2. The lowest BCUT2D eigenvalue weighted by atomic mass is 9.93. The molecule has 0 aliphatic heterocycles. The maximum Gasteiger partial charge on any atom is 0.0358 e. The van der Waals surface area contributed by atoms with E-state index >= 15 is 0 Å². The van der Waals surface area contributed by atoms with E-state index in [1.54, 1.807) is 0 Å². The van der Waals surface area contributed by atoms with Crippen LogP contribution in [0.3, 0.4) is 0 Å². The molecule has 27 heavy (non-hydrogen) atoms. The molecule has 0 bridgehead atoms. The van der Waals surface area contributed by atoms with E-state index in [2.05, 4.69) is 92.7 Å². The molecule has 3 aromatic carbocycles. The molecule has 0 atom stereocenters. The lowest BCUT2D eigenvalue weighted by molar-refractivity contribution is 1.14.